The van der Waals surface area contributed by atoms with Crippen molar-refractivity contribution in [1.29, 1.82) is 0 Å². The molecule has 25 heavy (non-hydrogen) atoms. The molecule has 6 nitrogen and oxygen atoms in total. The maximum absolute atomic E-state index is 12.6. The predicted molar refractivity (Wildman–Crippen MR) is 96.4 cm³/mol. The van der Waals surface area contributed by atoms with E-state index in [-0.39, 0.29) is 17.9 Å². The van der Waals surface area contributed by atoms with Crippen LogP contribution in [0.5, 0.6) is 0 Å². The average molecular weight is 356 g/mol. The molecule has 4 rings (SSSR count). The van der Waals surface area contributed by atoms with E-state index in [9.17, 15) is 9.59 Å². The minimum Gasteiger partial charge on any atom is -0.330 e. The lowest BCUT2D eigenvalue weighted by Gasteiger charge is -2.23. The Balaban J connectivity index is 1.63. The molecule has 1 atom stereocenters. The lowest BCUT2D eigenvalue weighted by Crippen LogP contribution is -2.34. The average Bonchev–Trinajstić information content (AvgIpc) is 3.28. The van der Waals surface area contributed by atoms with Crippen LogP contribution in [-0.4, -0.2) is 32.7 Å². The molecule has 2 amide bonds. The second kappa shape index (κ2) is 5.91. The van der Waals surface area contributed by atoms with Gasteiger partial charge in [-0.3, -0.25) is 14.6 Å². The zero-order valence-corrected chi connectivity index (χ0v) is 15.3. The van der Waals surface area contributed by atoms with Crippen molar-refractivity contribution in [2.75, 3.05) is 5.32 Å². The fourth-order valence-electron chi connectivity index (χ4n) is 3.37. The van der Waals surface area contributed by atoms with Crippen LogP contribution in [0.3, 0.4) is 0 Å². The van der Waals surface area contributed by atoms with E-state index in [4.69, 9.17) is 0 Å². The molecule has 1 aliphatic carbocycles. The van der Waals surface area contributed by atoms with Gasteiger partial charge >= 0.3 is 0 Å². The van der Waals surface area contributed by atoms with Crippen molar-refractivity contribution in [3.05, 3.63) is 29.2 Å². The van der Waals surface area contributed by atoms with Gasteiger partial charge in [0.05, 0.1) is 10.6 Å². The van der Waals surface area contributed by atoms with Gasteiger partial charge < -0.3 is 10.2 Å². The van der Waals surface area contributed by atoms with Gasteiger partial charge in [0.15, 0.2) is 5.13 Å². The molecular weight excluding hydrogens is 336 g/mol. The van der Waals surface area contributed by atoms with E-state index >= 15 is 0 Å². The Morgan fingerprint density at radius 1 is 1.44 bits per heavy atom. The van der Waals surface area contributed by atoms with Crippen molar-refractivity contribution >= 4 is 28.3 Å². The van der Waals surface area contributed by atoms with E-state index in [1.807, 2.05) is 17.9 Å². The maximum Gasteiger partial charge on any atom is 0.273 e. The van der Waals surface area contributed by atoms with Crippen molar-refractivity contribution in [2.45, 2.75) is 46.2 Å². The molecule has 3 heterocycles. The van der Waals surface area contributed by atoms with Gasteiger partial charge in [-0.25, -0.2) is 4.98 Å². The van der Waals surface area contributed by atoms with Gasteiger partial charge in [0.25, 0.3) is 5.91 Å². The summed E-state index contributed by atoms with van der Waals surface area (Å²) in [7, 11) is 0. The first-order chi connectivity index (χ1) is 11.9. The first-order valence-electron chi connectivity index (χ1n) is 8.49. The van der Waals surface area contributed by atoms with Crippen LogP contribution < -0.4 is 5.32 Å². The minimum absolute atomic E-state index is 0.0425. The Kier molecular flexibility index (Phi) is 3.83. The second-order valence-corrected chi connectivity index (χ2v) is 7.86. The molecule has 0 aromatic carbocycles. The Bertz CT molecular complexity index is 872. The number of hydrogen-bond donors (Lipinski definition) is 1. The number of pyridine rings is 1. The van der Waals surface area contributed by atoms with Gasteiger partial charge in [-0.1, -0.05) is 11.3 Å². The molecule has 0 unspecified atom stereocenters. The third kappa shape index (κ3) is 2.93. The van der Waals surface area contributed by atoms with Crippen LogP contribution in [-0.2, 0) is 11.3 Å². The number of aryl methyl sites for hydroxylation is 1. The number of carbonyl (C=O) groups excluding carboxylic acids is 2. The summed E-state index contributed by atoms with van der Waals surface area (Å²) in [5, 5.41) is 3.31. The Labute approximate surface area is 150 Å². The monoisotopic (exact) mass is 356 g/mol. The summed E-state index contributed by atoms with van der Waals surface area (Å²) >= 11 is 1.43. The van der Waals surface area contributed by atoms with Gasteiger partial charge in [-0.2, -0.15) is 0 Å². The van der Waals surface area contributed by atoms with Gasteiger partial charge in [-0.15, -0.1) is 0 Å². The van der Waals surface area contributed by atoms with Crippen molar-refractivity contribution in [2.24, 2.45) is 5.92 Å². The smallest absolute Gasteiger partial charge is 0.273 e. The van der Waals surface area contributed by atoms with Gasteiger partial charge in [0.1, 0.15) is 5.69 Å². The molecule has 0 saturated heterocycles. The van der Waals surface area contributed by atoms with Gasteiger partial charge in [0, 0.05) is 36.8 Å². The van der Waals surface area contributed by atoms with E-state index in [1.54, 1.807) is 6.20 Å². The van der Waals surface area contributed by atoms with Crippen LogP contribution in [0.1, 0.15) is 48.4 Å². The summed E-state index contributed by atoms with van der Waals surface area (Å²) in [6, 6.07) is 2.32. The van der Waals surface area contributed by atoms with Crippen LogP contribution in [0.2, 0.25) is 0 Å². The molecule has 2 aromatic heterocycles. The van der Waals surface area contributed by atoms with Crippen molar-refractivity contribution < 1.29 is 9.59 Å². The van der Waals surface area contributed by atoms with E-state index in [0.29, 0.717) is 23.3 Å². The largest absolute Gasteiger partial charge is 0.330 e. The summed E-state index contributed by atoms with van der Waals surface area (Å²) in [5.74, 6) is 0.547. The Morgan fingerprint density at radius 3 is 2.88 bits per heavy atom. The standard InChI is InChI=1S/C18H20N4O2S/c1-9-16(25-18(20-9)21-11(3)23)13-6-14-8-22(10(2)12-4-5-12)17(24)15(14)19-7-13/h6-7,10,12H,4-5,8H2,1-3H3,(H,20,21,23)/t10-/m0/s1. The fraction of sp³-hybridized carbons (Fsp3) is 0.444. The molecular formula is C18H20N4O2S. The third-order valence-electron chi connectivity index (χ3n) is 4.91. The number of amides is 2. The highest BCUT2D eigenvalue weighted by Gasteiger charge is 2.39. The first-order valence-corrected chi connectivity index (χ1v) is 9.31. The molecule has 7 heteroatoms. The molecule has 1 saturated carbocycles. The summed E-state index contributed by atoms with van der Waals surface area (Å²) in [4.78, 5) is 35.6. The molecule has 1 aliphatic heterocycles. The van der Waals surface area contributed by atoms with E-state index in [1.165, 1.54) is 31.1 Å². The highest BCUT2D eigenvalue weighted by Crippen LogP contribution is 2.39. The van der Waals surface area contributed by atoms with Gasteiger partial charge in [-0.05, 0) is 38.7 Å². The number of carbonyl (C=O) groups is 2. The quantitative estimate of drug-likeness (QED) is 0.913. The number of nitrogens with zero attached hydrogens (tertiary/aromatic N) is 3. The molecule has 0 radical (unpaired) electrons. The van der Waals surface area contributed by atoms with E-state index in [0.717, 1.165) is 21.7 Å². The van der Waals surface area contributed by atoms with Crippen molar-refractivity contribution in [3.63, 3.8) is 0 Å². The molecule has 1 fully saturated rings. The van der Waals surface area contributed by atoms with E-state index < -0.39 is 0 Å². The number of nitrogens with one attached hydrogen (secondary N) is 1. The molecule has 1 N–H and O–H groups in total. The van der Waals surface area contributed by atoms with Crippen molar-refractivity contribution in [1.82, 2.24) is 14.9 Å². The topological polar surface area (TPSA) is 75.2 Å². The summed E-state index contributed by atoms with van der Waals surface area (Å²) < 4.78 is 0. The zero-order chi connectivity index (χ0) is 17.7. The molecule has 130 valence electrons. The fourth-order valence-corrected chi connectivity index (χ4v) is 4.36. The number of rotatable bonds is 4. The minimum atomic E-state index is -0.136. The number of anilines is 1. The Hall–Kier alpha value is -2.28. The summed E-state index contributed by atoms with van der Waals surface area (Å²) in [6.45, 7) is 6.14. The van der Waals surface area contributed by atoms with Crippen LogP contribution >= 0.6 is 11.3 Å². The molecule has 2 aliphatic rings. The lowest BCUT2D eigenvalue weighted by atomic mass is 10.1. The van der Waals surface area contributed by atoms with Crippen LogP contribution in [0.4, 0.5) is 5.13 Å². The van der Waals surface area contributed by atoms with Crippen LogP contribution in [0.15, 0.2) is 12.3 Å². The predicted octanol–water partition coefficient (Wildman–Crippen LogP) is 3.23. The maximum atomic E-state index is 12.6. The molecule has 0 spiro atoms. The molecule has 2 aromatic rings. The third-order valence-corrected chi connectivity index (χ3v) is 6.03. The SMILES string of the molecule is CC(=O)Nc1nc(C)c(-c2cnc3c(c2)CN([C@@H](C)C2CC2)C3=O)s1. The zero-order valence-electron chi connectivity index (χ0n) is 14.5. The number of hydrogen-bond acceptors (Lipinski definition) is 5. The lowest BCUT2D eigenvalue weighted by molar-refractivity contribution is -0.114. The van der Waals surface area contributed by atoms with E-state index in [2.05, 4.69) is 22.2 Å². The second-order valence-electron chi connectivity index (χ2n) is 6.86. The highest BCUT2D eigenvalue weighted by atomic mass is 32.1. The normalized spacial score (nSPS) is 17.6. The summed E-state index contributed by atoms with van der Waals surface area (Å²) in [5.41, 5.74) is 3.34. The van der Waals surface area contributed by atoms with Crippen LogP contribution in [0, 0.1) is 12.8 Å². The first kappa shape index (κ1) is 16.2. The molecule has 0 bridgehead atoms. The number of thiazole rings is 1. The highest BCUT2D eigenvalue weighted by molar-refractivity contribution is 7.19. The van der Waals surface area contributed by atoms with Gasteiger partial charge in [0.2, 0.25) is 5.91 Å². The number of fused-ring (bicyclic) bond motifs is 1. The van der Waals surface area contributed by atoms with Crippen LogP contribution in [0.25, 0.3) is 10.4 Å². The summed E-state index contributed by atoms with van der Waals surface area (Å²) in [6.07, 6.45) is 4.16. The number of aromatic nitrogens is 2. The Morgan fingerprint density at radius 2 is 2.20 bits per heavy atom. The van der Waals surface area contributed by atoms with Crippen molar-refractivity contribution in [3.8, 4) is 10.4 Å².